The number of carbonyl (C=O) groups is 1. The Morgan fingerprint density at radius 3 is 2.71 bits per heavy atom. The lowest BCUT2D eigenvalue weighted by Gasteiger charge is -2.34. The highest BCUT2D eigenvalue weighted by Crippen LogP contribution is 2.21. The monoisotopic (exact) mass is 436 g/mol. The van der Waals surface area contributed by atoms with Gasteiger partial charge >= 0.3 is 0 Å². The molecule has 4 heterocycles. The van der Waals surface area contributed by atoms with Gasteiger partial charge in [0.2, 0.25) is 0 Å². The van der Waals surface area contributed by atoms with Crippen molar-refractivity contribution in [3.8, 4) is 0 Å². The third-order valence-corrected chi connectivity index (χ3v) is 6.87. The minimum absolute atomic E-state index is 0.0232. The molecule has 1 saturated heterocycles. The van der Waals surface area contributed by atoms with Crippen LogP contribution < -0.4 is 5.56 Å². The van der Waals surface area contributed by atoms with Crippen molar-refractivity contribution < 1.29 is 4.79 Å². The van der Waals surface area contributed by atoms with Crippen molar-refractivity contribution >= 4 is 28.7 Å². The lowest BCUT2D eigenvalue weighted by atomic mass is 10.2. The van der Waals surface area contributed by atoms with Crippen LogP contribution in [0, 0.1) is 0 Å². The second kappa shape index (κ2) is 8.76. The van der Waals surface area contributed by atoms with E-state index in [2.05, 4.69) is 20.0 Å². The molecule has 0 atom stereocenters. The van der Waals surface area contributed by atoms with Gasteiger partial charge in [-0.2, -0.15) is 16.9 Å². The number of thioether (sulfide) groups is 1. The van der Waals surface area contributed by atoms with Crippen LogP contribution in [-0.2, 0) is 18.7 Å². The van der Waals surface area contributed by atoms with Crippen molar-refractivity contribution in [2.45, 2.75) is 18.7 Å². The van der Waals surface area contributed by atoms with E-state index in [0.717, 1.165) is 59.9 Å². The van der Waals surface area contributed by atoms with Crippen LogP contribution in [0.15, 0.2) is 41.3 Å². The van der Waals surface area contributed by atoms with Gasteiger partial charge in [0.1, 0.15) is 5.69 Å². The molecule has 1 amide bonds. The Bertz CT molecular complexity index is 1170. The maximum Gasteiger partial charge on any atom is 0.274 e. The Morgan fingerprint density at radius 2 is 1.87 bits per heavy atom. The number of hydrogen-bond acceptors (Lipinski definition) is 7. The van der Waals surface area contributed by atoms with Crippen molar-refractivity contribution in [1.82, 2.24) is 29.5 Å². The van der Waals surface area contributed by atoms with Gasteiger partial charge in [-0.1, -0.05) is 12.1 Å². The van der Waals surface area contributed by atoms with Gasteiger partial charge in [-0.05, 0) is 23.4 Å². The summed E-state index contributed by atoms with van der Waals surface area (Å²) in [5.41, 5.74) is 4.02. The predicted octanol–water partition coefficient (Wildman–Crippen LogP) is 1.43. The minimum atomic E-state index is -0.0802. The quantitative estimate of drug-likeness (QED) is 0.612. The van der Waals surface area contributed by atoms with Crippen molar-refractivity contribution in [2.75, 3.05) is 38.5 Å². The Labute approximate surface area is 184 Å². The number of para-hydroxylation sites is 2. The van der Waals surface area contributed by atoms with E-state index in [9.17, 15) is 9.59 Å². The first-order valence-corrected chi connectivity index (χ1v) is 11.7. The predicted molar refractivity (Wildman–Crippen MR) is 120 cm³/mol. The van der Waals surface area contributed by atoms with E-state index in [1.165, 1.54) is 0 Å². The highest BCUT2D eigenvalue weighted by Gasteiger charge is 2.23. The van der Waals surface area contributed by atoms with Crippen molar-refractivity contribution in [3.63, 3.8) is 0 Å². The van der Waals surface area contributed by atoms with Crippen LogP contribution >= 0.6 is 11.8 Å². The molecule has 0 saturated carbocycles. The summed E-state index contributed by atoms with van der Waals surface area (Å²) in [7, 11) is 0. The van der Waals surface area contributed by atoms with Crippen LogP contribution in [0.3, 0.4) is 0 Å². The van der Waals surface area contributed by atoms with E-state index in [1.807, 2.05) is 40.9 Å². The molecule has 8 nitrogen and oxygen atoms in total. The third kappa shape index (κ3) is 4.33. The zero-order valence-corrected chi connectivity index (χ0v) is 18.1. The molecule has 1 aromatic carbocycles. The summed E-state index contributed by atoms with van der Waals surface area (Å²) in [6.45, 7) is 4.13. The SMILES string of the molecule is O=C(c1cnc2ccccc2n1)N1CCN(CCn2nc3c(cc2=O)CSCC3)CC1. The minimum Gasteiger partial charge on any atom is -0.335 e. The number of amides is 1. The van der Waals surface area contributed by atoms with Gasteiger partial charge in [0.05, 0.1) is 29.5 Å². The molecular weight excluding hydrogens is 412 g/mol. The number of carbonyl (C=O) groups excluding carboxylic acids is 1. The van der Waals surface area contributed by atoms with Crippen LogP contribution in [0.2, 0.25) is 0 Å². The first-order valence-electron chi connectivity index (χ1n) is 10.6. The molecule has 31 heavy (non-hydrogen) atoms. The van der Waals surface area contributed by atoms with Gasteiger partial charge < -0.3 is 4.90 Å². The van der Waals surface area contributed by atoms with Gasteiger partial charge in [0.15, 0.2) is 0 Å². The fraction of sp³-hybridized carbons (Fsp3) is 0.409. The van der Waals surface area contributed by atoms with E-state index in [0.29, 0.717) is 25.3 Å². The first kappa shape index (κ1) is 20.1. The Balaban J connectivity index is 1.18. The zero-order chi connectivity index (χ0) is 21.2. The molecule has 0 bridgehead atoms. The van der Waals surface area contributed by atoms with E-state index < -0.39 is 0 Å². The lowest BCUT2D eigenvalue weighted by molar-refractivity contribution is 0.0625. The summed E-state index contributed by atoms with van der Waals surface area (Å²) in [4.78, 5) is 38.2. The van der Waals surface area contributed by atoms with Crippen molar-refractivity contribution in [3.05, 3.63) is 63.8 Å². The van der Waals surface area contributed by atoms with Gasteiger partial charge in [-0.25, -0.2) is 9.67 Å². The number of fused-ring (bicyclic) bond motifs is 2. The topological polar surface area (TPSA) is 84.2 Å². The van der Waals surface area contributed by atoms with E-state index in [-0.39, 0.29) is 11.5 Å². The Hall–Kier alpha value is -2.78. The van der Waals surface area contributed by atoms with Gasteiger partial charge in [-0.15, -0.1) is 0 Å². The number of benzene rings is 1. The van der Waals surface area contributed by atoms with Crippen molar-refractivity contribution in [1.29, 1.82) is 0 Å². The van der Waals surface area contributed by atoms with Gasteiger partial charge in [0.25, 0.3) is 11.5 Å². The molecule has 0 aliphatic carbocycles. The molecule has 3 aromatic rings. The average Bonchev–Trinajstić information content (AvgIpc) is 2.82. The molecule has 2 aliphatic rings. The van der Waals surface area contributed by atoms with Crippen LogP contribution in [0.1, 0.15) is 21.7 Å². The molecule has 0 N–H and O–H groups in total. The largest absolute Gasteiger partial charge is 0.335 e. The molecule has 2 aromatic heterocycles. The summed E-state index contributed by atoms with van der Waals surface area (Å²) >= 11 is 1.85. The van der Waals surface area contributed by atoms with E-state index in [4.69, 9.17) is 0 Å². The second-order valence-electron chi connectivity index (χ2n) is 7.86. The molecule has 0 spiro atoms. The number of hydrogen-bond donors (Lipinski definition) is 0. The van der Waals surface area contributed by atoms with Crippen LogP contribution in [0.25, 0.3) is 11.0 Å². The second-order valence-corrected chi connectivity index (χ2v) is 8.96. The van der Waals surface area contributed by atoms with Gasteiger partial charge in [-0.3, -0.25) is 19.5 Å². The van der Waals surface area contributed by atoms with Crippen LogP contribution in [0.5, 0.6) is 0 Å². The fourth-order valence-corrected chi connectivity index (χ4v) is 5.00. The molecule has 160 valence electrons. The van der Waals surface area contributed by atoms with E-state index in [1.54, 1.807) is 16.9 Å². The molecule has 2 aliphatic heterocycles. The zero-order valence-electron chi connectivity index (χ0n) is 17.2. The highest BCUT2D eigenvalue weighted by atomic mass is 32.2. The number of piperazine rings is 1. The maximum atomic E-state index is 12.9. The maximum absolute atomic E-state index is 12.9. The molecular formula is C22H24N6O2S. The van der Waals surface area contributed by atoms with E-state index >= 15 is 0 Å². The molecule has 9 heteroatoms. The highest BCUT2D eigenvalue weighted by molar-refractivity contribution is 7.98. The first-order chi connectivity index (χ1) is 15.2. The Morgan fingerprint density at radius 1 is 1.06 bits per heavy atom. The number of aryl methyl sites for hydroxylation is 1. The average molecular weight is 437 g/mol. The van der Waals surface area contributed by atoms with Gasteiger partial charge in [0, 0.05) is 51.0 Å². The molecule has 0 unspecified atom stereocenters. The summed E-state index contributed by atoms with van der Waals surface area (Å²) in [5, 5.41) is 4.59. The molecule has 5 rings (SSSR count). The number of aromatic nitrogens is 4. The number of nitrogens with zero attached hydrogens (tertiary/aromatic N) is 6. The number of rotatable bonds is 4. The molecule has 1 fully saturated rings. The normalized spacial score (nSPS) is 17.0. The summed E-state index contributed by atoms with van der Waals surface area (Å²) in [6, 6.07) is 9.30. The summed E-state index contributed by atoms with van der Waals surface area (Å²) in [5.74, 6) is 1.87. The smallest absolute Gasteiger partial charge is 0.274 e. The van der Waals surface area contributed by atoms with Crippen LogP contribution in [-0.4, -0.2) is 73.9 Å². The summed E-state index contributed by atoms with van der Waals surface area (Å²) in [6.07, 6.45) is 2.49. The van der Waals surface area contributed by atoms with Crippen LogP contribution in [0.4, 0.5) is 0 Å². The van der Waals surface area contributed by atoms with Crippen molar-refractivity contribution in [2.24, 2.45) is 0 Å². The third-order valence-electron chi connectivity index (χ3n) is 5.86. The standard InChI is InChI=1S/C22H24N6O2S/c29-21-13-16-15-31-12-5-17(16)25-28(21)11-8-26-6-9-27(10-7-26)22(30)20-14-23-18-3-1-2-4-19(18)24-20/h1-4,13-14H,5-12,15H2. The summed E-state index contributed by atoms with van der Waals surface area (Å²) < 4.78 is 1.59. The fourth-order valence-electron chi connectivity index (χ4n) is 4.05. The Kier molecular flexibility index (Phi) is 5.69. The lowest BCUT2D eigenvalue weighted by Crippen LogP contribution is -2.49. The molecule has 0 radical (unpaired) electrons.